The molecule has 0 bridgehead atoms. The highest BCUT2D eigenvalue weighted by Gasteiger charge is 2.39. The quantitative estimate of drug-likeness (QED) is 0.858. The van der Waals surface area contributed by atoms with Crippen LogP contribution in [0.2, 0.25) is 0 Å². The zero-order valence-corrected chi connectivity index (χ0v) is 13.4. The maximum Gasteiger partial charge on any atom is 0.314 e. The number of esters is 1. The molecule has 0 amide bonds. The molecule has 1 unspecified atom stereocenters. The molecule has 0 fully saturated rings. The molecule has 0 saturated carbocycles. The third-order valence-electron chi connectivity index (χ3n) is 3.12. The third-order valence-corrected chi connectivity index (χ3v) is 4.68. The summed E-state index contributed by atoms with van der Waals surface area (Å²) >= 11 is 1.55. The summed E-state index contributed by atoms with van der Waals surface area (Å²) in [4.78, 5) is 13.9. The summed E-state index contributed by atoms with van der Waals surface area (Å²) < 4.78 is 5.03. The van der Waals surface area contributed by atoms with Gasteiger partial charge in [0.1, 0.15) is 6.10 Å². The van der Waals surface area contributed by atoms with E-state index in [4.69, 9.17) is 4.74 Å². The van der Waals surface area contributed by atoms with E-state index in [-0.39, 0.29) is 11.4 Å². The minimum Gasteiger partial charge on any atom is -0.465 e. The molecular formula is C15H24O3S. The van der Waals surface area contributed by atoms with Gasteiger partial charge in [0.15, 0.2) is 0 Å². The zero-order valence-electron chi connectivity index (χ0n) is 12.6. The van der Waals surface area contributed by atoms with Gasteiger partial charge < -0.3 is 9.84 Å². The molecular weight excluding hydrogens is 260 g/mol. The van der Waals surface area contributed by atoms with Crippen molar-refractivity contribution in [2.24, 2.45) is 5.41 Å². The maximum atomic E-state index is 11.9. The molecule has 1 aromatic heterocycles. The molecule has 0 aliphatic heterocycles. The highest BCUT2D eigenvalue weighted by Crippen LogP contribution is 2.40. The minimum atomic E-state index is -0.935. The summed E-state index contributed by atoms with van der Waals surface area (Å²) in [6.07, 6.45) is -0.840. The van der Waals surface area contributed by atoms with Crippen LogP contribution in [0.3, 0.4) is 0 Å². The third kappa shape index (κ3) is 3.57. The topological polar surface area (TPSA) is 46.5 Å². The van der Waals surface area contributed by atoms with Crippen LogP contribution in [0.15, 0.2) is 12.1 Å². The highest BCUT2D eigenvalue weighted by atomic mass is 32.1. The SMILES string of the molecule is CCOC(=O)C(C)(C)C(O)c1ccc(C(C)(C)C)s1. The number of hydrogen-bond donors (Lipinski definition) is 1. The van der Waals surface area contributed by atoms with Crippen molar-refractivity contribution >= 4 is 17.3 Å². The van der Waals surface area contributed by atoms with Gasteiger partial charge >= 0.3 is 5.97 Å². The van der Waals surface area contributed by atoms with E-state index in [0.717, 1.165) is 4.88 Å². The summed E-state index contributed by atoms with van der Waals surface area (Å²) in [7, 11) is 0. The van der Waals surface area contributed by atoms with Gasteiger partial charge in [0.2, 0.25) is 0 Å². The number of ether oxygens (including phenoxy) is 1. The fourth-order valence-corrected chi connectivity index (χ4v) is 2.93. The van der Waals surface area contributed by atoms with E-state index in [1.807, 2.05) is 12.1 Å². The molecule has 1 aromatic rings. The van der Waals surface area contributed by atoms with E-state index in [1.165, 1.54) is 4.88 Å². The summed E-state index contributed by atoms with van der Waals surface area (Å²) in [6.45, 7) is 11.9. The first-order valence-corrected chi connectivity index (χ1v) is 7.38. The second kappa shape index (κ2) is 5.63. The molecule has 1 rings (SSSR count). The Morgan fingerprint density at radius 1 is 1.32 bits per heavy atom. The molecule has 0 aromatic carbocycles. The van der Waals surface area contributed by atoms with Gasteiger partial charge in [-0.3, -0.25) is 4.79 Å². The molecule has 0 radical (unpaired) electrons. The smallest absolute Gasteiger partial charge is 0.314 e. The first-order valence-electron chi connectivity index (χ1n) is 6.56. The van der Waals surface area contributed by atoms with Gasteiger partial charge in [0.25, 0.3) is 0 Å². The van der Waals surface area contributed by atoms with Gasteiger partial charge in [-0.25, -0.2) is 0 Å². The van der Waals surface area contributed by atoms with Crippen molar-refractivity contribution in [3.05, 3.63) is 21.9 Å². The van der Waals surface area contributed by atoms with Crippen LogP contribution in [0.25, 0.3) is 0 Å². The molecule has 108 valence electrons. The molecule has 3 nitrogen and oxygen atoms in total. The average molecular weight is 284 g/mol. The standard InChI is InChI=1S/C15H24O3S/c1-7-18-13(17)15(5,6)12(16)10-8-9-11(19-10)14(2,3)4/h8-9,12,16H,7H2,1-6H3. The summed E-state index contributed by atoms with van der Waals surface area (Å²) in [5.74, 6) is -0.367. The van der Waals surface area contributed by atoms with E-state index in [2.05, 4.69) is 20.8 Å². The second-order valence-electron chi connectivity index (χ2n) is 6.30. The number of rotatable bonds is 4. The molecule has 0 saturated heterocycles. The minimum absolute atomic E-state index is 0.0523. The Morgan fingerprint density at radius 3 is 2.32 bits per heavy atom. The van der Waals surface area contributed by atoms with E-state index in [0.29, 0.717) is 6.61 Å². The van der Waals surface area contributed by atoms with E-state index in [9.17, 15) is 9.90 Å². The Kier molecular flexibility index (Phi) is 4.80. The largest absolute Gasteiger partial charge is 0.465 e. The first kappa shape index (κ1) is 16.2. The maximum absolute atomic E-state index is 11.9. The van der Waals surface area contributed by atoms with Crippen LogP contribution in [0.1, 0.15) is 57.4 Å². The highest BCUT2D eigenvalue weighted by molar-refractivity contribution is 7.12. The summed E-state index contributed by atoms with van der Waals surface area (Å²) in [6, 6.07) is 3.92. The Morgan fingerprint density at radius 2 is 1.89 bits per heavy atom. The fraction of sp³-hybridized carbons (Fsp3) is 0.667. The van der Waals surface area contributed by atoms with Crippen LogP contribution in [0, 0.1) is 5.41 Å². The van der Waals surface area contributed by atoms with Crippen LogP contribution in [0.5, 0.6) is 0 Å². The molecule has 4 heteroatoms. The lowest BCUT2D eigenvalue weighted by molar-refractivity contribution is -0.160. The lowest BCUT2D eigenvalue weighted by atomic mass is 9.85. The van der Waals surface area contributed by atoms with Crippen molar-refractivity contribution in [3.8, 4) is 0 Å². The zero-order chi connectivity index (χ0) is 14.8. The van der Waals surface area contributed by atoms with Crippen molar-refractivity contribution in [1.82, 2.24) is 0 Å². The van der Waals surface area contributed by atoms with Crippen molar-refractivity contribution in [1.29, 1.82) is 0 Å². The molecule has 19 heavy (non-hydrogen) atoms. The lowest BCUT2D eigenvalue weighted by Crippen LogP contribution is -2.32. The number of hydrogen-bond acceptors (Lipinski definition) is 4. The normalized spacial score (nSPS) is 14.3. The van der Waals surface area contributed by atoms with Gasteiger partial charge in [-0.15, -0.1) is 11.3 Å². The van der Waals surface area contributed by atoms with Crippen molar-refractivity contribution < 1.29 is 14.6 Å². The van der Waals surface area contributed by atoms with Crippen LogP contribution in [-0.4, -0.2) is 17.7 Å². The molecule has 1 atom stereocenters. The van der Waals surface area contributed by atoms with Crippen molar-refractivity contribution in [2.45, 2.75) is 53.1 Å². The lowest BCUT2D eigenvalue weighted by Gasteiger charge is -2.27. The number of carbonyl (C=O) groups is 1. The fourth-order valence-electron chi connectivity index (χ4n) is 1.69. The number of carbonyl (C=O) groups excluding carboxylic acids is 1. The Labute approximate surface area is 119 Å². The van der Waals surface area contributed by atoms with Gasteiger partial charge in [0.05, 0.1) is 12.0 Å². The Balaban J connectivity index is 2.97. The molecule has 1 heterocycles. The van der Waals surface area contributed by atoms with Gasteiger partial charge in [-0.2, -0.15) is 0 Å². The van der Waals surface area contributed by atoms with Crippen LogP contribution in [0.4, 0.5) is 0 Å². The molecule has 0 aliphatic rings. The predicted octanol–water partition coefficient (Wildman–Crippen LogP) is 3.67. The Hall–Kier alpha value is -0.870. The Bertz CT molecular complexity index is 440. The van der Waals surface area contributed by atoms with Gasteiger partial charge in [-0.05, 0) is 38.3 Å². The van der Waals surface area contributed by atoms with Crippen molar-refractivity contribution in [3.63, 3.8) is 0 Å². The summed E-state index contributed by atoms with van der Waals surface area (Å²) in [5, 5.41) is 10.4. The van der Waals surface area contributed by atoms with E-state index < -0.39 is 11.5 Å². The number of aliphatic hydroxyl groups excluding tert-OH is 1. The van der Waals surface area contributed by atoms with E-state index in [1.54, 1.807) is 32.1 Å². The summed E-state index contributed by atoms with van der Waals surface area (Å²) in [5.41, 5.74) is -0.882. The first-order chi connectivity index (χ1) is 8.60. The molecule has 1 N–H and O–H groups in total. The second-order valence-corrected chi connectivity index (χ2v) is 7.41. The monoisotopic (exact) mass is 284 g/mol. The van der Waals surface area contributed by atoms with Gasteiger partial charge in [0, 0.05) is 9.75 Å². The van der Waals surface area contributed by atoms with E-state index >= 15 is 0 Å². The average Bonchev–Trinajstić information content (AvgIpc) is 2.76. The number of aliphatic hydroxyl groups is 1. The number of thiophene rings is 1. The van der Waals surface area contributed by atoms with Gasteiger partial charge in [-0.1, -0.05) is 20.8 Å². The molecule has 0 spiro atoms. The van der Waals surface area contributed by atoms with Crippen LogP contribution < -0.4 is 0 Å². The predicted molar refractivity (Wildman–Crippen MR) is 78.4 cm³/mol. The van der Waals surface area contributed by atoms with Crippen molar-refractivity contribution in [2.75, 3.05) is 6.61 Å². The van der Waals surface area contributed by atoms with Crippen LogP contribution in [-0.2, 0) is 14.9 Å². The van der Waals surface area contributed by atoms with Crippen LogP contribution >= 0.6 is 11.3 Å². The molecule has 0 aliphatic carbocycles.